The number of halogens is 3. The molecule has 0 unspecified atom stereocenters. The van der Waals surface area contributed by atoms with Crippen LogP contribution in [0.5, 0.6) is 11.5 Å². The highest BCUT2D eigenvalue weighted by Gasteiger charge is 2.17. The molecule has 1 aromatic carbocycles. The Balaban J connectivity index is 0.00000225. The van der Waals surface area contributed by atoms with Crippen LogP contribution < -0.4 is 10.5 Å². The minimum absolute atomic E-state index is 0. The predicted octanol–water partition coefficient (Wildman–Crippen LogP) is 3.76. The van der Waals surface area contributed by atoms with Crippen LogP contribution in [0.3, 0.4) is 0 Å². The van der Waals surface area contributed by atoms with Gasteiger partial charge in [0.15, 0.2) is 11.5 Å². The monoisotopic (exact) mass is 373 g/mol. The van der Waals surface area contributed by atoms with Gasteiger partial charge in [0.05, 0.1) is 11.6 Å². The third-order valence-electron chi connectivity index (χ3n) is 2.23. The Hall–Kier alpha value is 0.0300. The van der Waals surface area contributed by atoms with Gasteiger partial charge in [0.1, 0.15) is 0 Å². The normalized spacial score (nSPS) is 11.8. The largest absolute Gasteiger partial charge is 0.503 e. The molecule has 16 heavy (non-hydrogen) atoms. The Morgan fingerprint density at radius 2 is 2.00 bits per heavy atom. The van der Waals surface area contributed by atoms with Crippen LogP contribution in [0.1, 0.15) is 24.9 Å². The van der Waals surface area contributed by atoms with Gasteiger partial charge in [-0.25, -0.2) is 0 Å². The van der Waals surface area contributed by atoms with Gasteiger partial charge in [-0.1, -0.05) is 6.92 Å². The molecule has 3 nitrogen and oxygen atoms in total. The summed E-state index contributed by atoms with van der Waals surface area (Å²) in [4.78, 5) is 0. The summed E-state index contributed by atoms with van der Waals surface area (Å²) in [6, 6.07) is 1.67. The van der Waals surface area contributed by atoms with E-state index < -0.39 is 0 Å². The number of ether oxygens (including phenoxy) is 1. The Kier molecular flexibility index (Phi) is 6.70. The first-order chi connectivity index (χ1) is 7.02. The van der Waals surface area contributed by atoms with Crippen LogP contribution in [0.4, 0.5) is 0 Å². The molecule has 0 bridgehead atoms. The van der Waals surface area contributed by atoms with Crippen molar-refractivity contribution in [3.8, 4) is 11.5 Å². The van der Waals surface area contributed by atoms with Crippen molar-refractivity contribution < 1.29 is 9.84 Å². The topological polar surface area (TPSA) is 55.5 Å². The van der Waals surface area contributed by atoms with Gasteiger partial charge in [0.25, 0.3) is 0 Å². The molecule has 92 valence electrons. The molecule has 1 aromatic rings. The number of phenolic OH excluding ortho intramolecular Hbond substituents is 1. The van der Waals surface area contributed by atoms with Crippen molar-refractivity contribution in [3.05, 3.63) is 20.6 Å². The SMILES string of the molecule is CC[C@H](N)c1cc(OC)c(O)c(Br)c1Br.Cl. The molecule has 0 aliphatic rings. The van der Waals surface area contributed by atoms with E-state index in [9.17, 15) is 5.11 Å². The maximum Gasteiger partial charge on any atom is 0.173 e. The smallest absolute Gasteiger partial charge is 0.173 e. The zero-order valence-corrected chi connectivity index (χ0v) is 12.9. The van der Waals surface area contributed by atoms with Gasteiger partial charge in [0.2, 0.25) is 0 Å². The van der Waals surface area contributed by atoms with Crippen molar-refractivity contribution in [2.75, 3.05) is 7.11 Å². The minimum Gasteiger partial charge on any atom is -0.503 e. The highest BCUT2D eigenvalue weighted by Crippen LogP contribution is 2.43. The van der Waals surface area contributed by atoms with Gasteiger partial charge in [-0.2, -0.15) is 0 Å². The zero-order valence-electron chi connectivity index (χ0n) is 8.96. The summed E-state index contributed by atoms with van der Waals surface area (Å²) in [6.07, 6.45) is 0.818. The van der Waals surface area contributed by atoms with Crippen molar-refractivity contribution in [3.63, 3.8) is 0 Å². The molecular weight excluding hydrogens is 361 g/mol. The van der Waals surface area contributed by atoms with Gasteiger partial charge in [-0.3, -0.25) is 0 Å². The van der Waals surface area contributed by atoms with E-state index in [4.69, 9.17) is 10.5 Å². The van der Waals surface area contributed by atoms with E-state index in [1.165, 1.54) is 7.11 Å². The summed E-state index contributed by atoms with van der Waals surface area (Å²) in [5, 5.41) is 9.71. The molecule has 3 N–H and O–H groups in total. The maximum atomic E-state index is 9.71. The molecule has 0 heterocycles. The Morgan fingerprint density at radius 1 is 1.44 bits per heavy atom. The summed E-state index contributed by atoms with van der Waals surface area (Å²) in [5.74, 6) is 0.500. The van der Waals surface area contributed by atoms with Crippen molar-refractivity contribution in [1.29, 1.82) is 0 Å². The van der Waals surface area contributed by atoms with Crippen LogP contribution in [0.15, 0.2) is 15.0 Å². The number of aromatic hydroxyl groups is 1. The third kappa shape index (κ3) is 3.03. The number of benzene rings is 1. The highest BCUT2D eigenvalue weighted by molar-refractivity contribution is 9.13. The molecule has 0 saturated heterocycles. The van der Waals surface area contributed by atoms with Crippen LogP contribution in [-0.2, 0) is 0 Å². The van der Waals surface area contributed by atoms with E-state index in [2.05, 4.69) is 31.9 Å². The van der Waals surface area contributed by atoms with Crippen molar-refractivity contribution in [2.24, 2.45) is 5.73 Å². The number of hydrogen-bond donors (Lipinski definition) is 2. The molecule has 0 spiro atoms. The molecule has 0 radical (unpaired) electrons. The van der Waals surface area contributed by atoms with Crippen LogP contribution in [0.2, 0.25) is 0 Å². The quantitative estimate of drug-likeness (QED) is 0.846. The van der Waals surface area contributed by atoms with E-state index in [0.717, 1.165) is 16.5 Å². The van der Waals surface area contributed by atoms with Gasteiger partial charge in [-0.15, -0.1) is 12.4 Å². The predicted molar refractivity (Wildman–Crippen MR) is 74.5 cm³/mol. The molecule has 0 fully saturated rings. The fourth-order valence-corrected chi connectivity index (χ4v) is 2.28. The first-order valence-corrected chi connectivity index (χ1v) is 6.11. The van der Waals surface area contributed by atoms with Crippen LogP contribution in [-0.4, -0.2) is 12.2 Å². The second-order valence-corrected chi connectivity index (χ2v) is 4.75. The van der Waals surface area contributed by atoms with E-state index in [0.29, 0.717) is 10.2 Å². The first kappa shape index (κ1) is 16.0. The summed E-state index contributed by atoms with van der Waals surface area (Å²) in [7, 11) is 1.51. The lowest BCUT2D eigenvalue weighted by Gasteiger charge is -2.16. The molecule has 0 aliphatic carbocycles. The standard InChI is InChI=1S/C10H13Br2NO2.ClH/c1-3-6(13)5-4-7(15-2)10(14)9(12)8(5)11;/h4,6,14H,3,13H2,1-2H3;1H/t6-;/m0./s1. The average molecular weight is 375 g/mol. The maximum absolute atomic E-state index is 9.71. The van der Waals surface area contributed by atoms with Crippen LogP contribution >= 0.6 is 44.3 Å². The zero-order chi connectivity index (χ0) is 11.6. The Morgan fingerprint density at radius 3 is 2.44 bits per heavy atom. The molecule has 1 atom stereocenters. The number of nitrogens with two attached hydrogens (primary N) is 1. The molecule has 1 rings (SSSR count). The number of hydrogen-bond acceptors (Lipinski definition) is 3. The number of methoxy groups -OCH3 is 1. The number of rotatable bonds is 3. The summed E-state index contributed by atoms with van der Waals surface area (Å²) in [6.45, 7) is 2.00. The van der Waals surface area contributed by atoms with Crippen molar-refractivity contribution in [2.45, 2.75) is 19.4 Å². The lowest BCUT2D eigenvalue weighted by molar-refractivity contribution is 0.370. The molecule has 0 amide bonds. The number of phenols is 1. The highest BCUT2D eigenvalue weighted by atomic mass is 79.9. The van der Waals surface area contributed by atoms with E-state index in [1.54, 1.807) is 6.07 Å². The lowest BCUT2D eigenvalue weighted by atomic mass is 10.1. The average Bonchev–Trinajstić information content (AvgIpc) is 2.25. The van der Waals surface area contributed by atoms with E-state index in [-0.39, 0.29) is 24.2 Å². The molecular formula is C10H14Br2ClNO2. The fraction of sp³-hybridized carbons (Fsp3) is 0.400. The van der Waals surface area contributed by atoms with Gasteiger partial charge in [-0.05, 0) is 49.9 Å². The summed E-state index contributed by atoms with van der Waals surface area (Å²) in [5.41, 5.74) is 6.87. The first-order valence-electron chi connectivity index (χ1n) is 4.53. The van der Waals surface area contributed by atoms with Crippen molar-refractivity contribution >= 4 is 44.3 Å². The molecule has 0 aliphatic heterocycles. The fourth-order valence-electron chi connectivity index (χ4n) is 1.26. The second-order valence-electron chi connectivity index (χ2n) is 3.16. The van der Waals surface area contributed by atoms with E-state index in [1.807, 2.05) is 6.92 Å². The van der Waals surface area contributed by atoms with Crippen molar-refractivity contribution in [1.82, 2.24) is 0 Å². The Labute approximate surface area is 118 Å². The van der Waals surface area contributed by atoms with Crippen LogP contribution in [0.25, 0.3) is 0 Å². The van der Waals surface area contributed by atoms with Crippen LogP contribution in [0, 0.1) is 0 Å². The molecule has 6 heteroatoms. The summed E-state index contributed by atoms with van der Waals surface area (Å²) >= 11 is 6.68. The summed E-state index contributed by atoms with van der Waals surface area (Å²) < 4.78 is 6.40. The van der Waals surface area contributed by atoms with Gasteiger partial charge >= 0.3 is 0 Å². The van der Waals surface area contributed by atoms with Gasteiger partial charge < -0.3 is 15.6 Å². The second kappa shape index (κ2) is 6.69. The Bertz CT molecular complexity index is 374. The molecule has 0 saturated carbocycles. The lowest BCUT2D eigenvalue weighted by Crippen LogP contribution is -2.09. The minimum atomic E-state index is -0.0785. The molecule has 0 aromatic heterocycles. The van der Waals surface area contributed by atoms with E-state index >= 15 is 0 Å². The third-order valence-corrected chi connectivity index (χ3v) is 4.39. The van der Waals surface area contributed by atoms with Gasteiger partial charge in [0, 0.05) is 10.5 Å².